The Kier molecular flexibility index (Phi) is 3.43. The summed E-state index contributed by atoms with van der Waals surface area (Å²) in [6.45, 7) is 4.48. The fourth-order valence-electron chi connectivity index (χ4n) is 1.08. The van der Waals surface area contributed by atoms with Gasteiger partial charge in [-0.1, -0.05) is 30.3 Å². The zero-order valence-corrected chi connectivity index (χ0v) is 7.97. The smallest absolute Gasteiger partial charge is 0.0645 e. The minimum Gasteiger partial charge on any atom is -0.254 e. The van der Waals surface area contributed by atoms with Crippen molar-refractivity contribution in [1.82, 2.24) is 5.01 Å². The highest BCUT2D eigenvalue weighted by Gasteiger charge is 2.07. The third-order valence-electron chi connectivity index (χ3n) is 1.89. The summed E-state index contributed by atoms with van der Waals surface area (Å²) in [7, 11) is 0. The standard InChI is InChI=1S/C10H14N2O/c1-9(2)12(11-13)8-10-6-4-3-5-7-10/h3-7,9H,8H2,1-2H3. The van der Waals surface area contributed by atoms with E-state index in [9.17, 15) is 4.91 Å². The Labute approximate surface area is 78.3 Å². The topological polar surface area (TPSA) is 32.7 Å². The largest absolute Gasteiger partial charge is 0.254 e. The maximum atomic E-state index is 10.4. The van der Waals surface area contributed by atoms with E-state index in [1.165, 1.54) is 5.01 Å². The summed E-state index contributed by atoms with van der Waals surface area (Å²) in [5, 5.41) is 4.49. The molecule has 0 aliphatic heterocycles. The van der Waals surface area contributed by atoms with Crippen molar-refractivity contribution in [2.75, 3.05) is 0 Å². The van der Waals surface area contributed by atoms with Crippen molar-refractivity contribution in [1.29, 1.82) is 0 Å². The molecule has 13 heavy (non-hydrogen) atoms. The second-order valence-corrected chi connectivity index (χ2v) is 3.26. The molecule has 0 saturated heterocycles. The zero-order valence-electron chi connectivity index (χ0n) is 7.97. The summed E-state index contributed by atoms with van der Waals surface area (Å²) in [6.07, 6.45) is 0. The van der Waals surface area contributed by atoms with Gasteiger partial charge in [-0.3, -0.25) is 5.01 Å². The third kappa shape index (κ3) is 2.86. The molecular weight excluding hydrogens is 164 g/mol. The first-order valence-corrected chi connectivity index (χ1v) is 4.38. The number of nitroso groups, excluding NO2 is 1. The lowest BCUT2D eigenvalue weighted by Gasteiger charge is -2.18. The SMILES string of the molecule is CC(C)N(Cc1ccccc1)N=O. The van der Waals surface area contributed by atoms with E-state index in [2.05, 4.69) is 5.29 Å². The second kappa shape index (κ2) is 4.60. The Morgan fingerprint density at radius 3 is 2.38 bits per heavy atom. The Balaban J connectivity index is 2.62. The zero-order chi connectivity index (χ0) is 9.68. The van der Waals surface area contributed by atoms with E-state index < -0.39 is 0 Å². The molecule has 1 rings (SSSR count). The monoisotopic (exact) mass is 178 g/mol. The molecule has 1 aromatic rings. The van der Waals surface area contributed by atoms with Gasteiger partial charge in [-0.15, -0.1) is 4.91 Å². The van der Waals surface area contributed by atoms with Crippen molar-refractivity contribution < 1.29 is 0 Å². The van der Waals surface area contributed by atoms with Crippen LogP contribution in [0.5, 0.6) is 0 Å². The molecule has 0 N–H and O–H groups in total. The van der Waals surface area contributed by atoms with E-state index in [1.54, 1.807) is 0 Å². The van der Waals surface area contributed by atoms with E-state index in [-0.39, 0.29) is 6.04 Å². The van der Waals surface area contributed by atoms with E-state index in [0.717, 1.165) is 5.56 Å². The van der Waals surface area contributed by atoms with Crippen molar-refractivity contribution >= 4 is 0 Å². The van der Waals surface area contributed by atoms with Gasteiger partial charge in [-0.05, 0) is 19.4 Å². The van der Waals surface area contributed by atoms with Crippen molar-refractivity contribution in [2.24, 2.45) is 5.29 Å². The molecule has 0 fully saturated rings. The van der Waals surface area contributed by atoms with Crippen LogP contribution in [-0.2, 0) is 6.54 Å². The normalized spacial score (nSPS) is 10.1. The van der Waals surface area contributed by atoms with Crippen LogP contribution >= 0.6 is 0 Å². The molecule has 0 atom stereocenters. The molecule has 70 valence electrons. The van der Waals surface area contributed by atoms with Crippen LogP contribution in [0.1, 0.15) is 19.4 Å². The first-order valence-electron chi connectivity index (χ1n) is 4.38. The lowest BCUT2D eigenvalue weighted by Crippen LogP contribution is -2.24. The fourth-order valence-corrected chi connectivity index (χ4v) is 1.08. The molecule has 3 nitrogen and oxygen atoms in total. The number of hydrogen-bond donors (Lipinski definition) is 0. The van der Waals surface area contributed by atoms with E-state index >= 15 is 0 Å². The highest BCUT2D eigenvalue weighted by atomic mass is 16.3. The Morgan fingerprint density at radius 2 is 1.92 bits per heavy atom. The van der Waals surface area contributed by atoms with Crippen molar-refractivity contribution in [2.45, 2.75) is 26.4 Å². The Bertz CT molecular complexity index is 259. The van der Waals surface area contributed by atoms with Crippen molar-refractivity contribution in [3.05, 3.63) is 40.8 Å². The summed E-state index contributed by atoms with van der Waals surface area (Å²) in [6, 6.07) is 9.99. The van der Waals surface area contributed by atoms with Gasteiger partial charge >= 0.3 is 0 Å². The van der Waals surface area contributed by atoms with Crippen LogP contribution < -0.4 is 0 Å². The van der Waals surface area contributed by atoms with Gasteiger partial charge in [0.2, 0.25) is 0 Å². The van der Waals surface area contributed by atoms with Gasteiger partial charge in [-0.2, -0.15) is 0 Å². The molecule has 0 saturated carbocycles. The summed E-state index contributed by atoms with van der Waals surface area (Å²) in [4.78, 5) is 10.4. The molecule has 0 heterocycles. The van der Waals surface area contributed by atoms with Gasteiger partial charge in [-0.25, -0.2) is 0 Å². The molecule has 0 aromatic heterocycles. The van der Waals surface area contributed by atoms with Gasteiger partial charge in [0.05, 0.1) is 11.8 Å². The van der Waals surface area contributed by atoms with Crippen molar-refractivity contribution in [3.8, 4) is 0 Å². The van der Waals surface area contributed by atoms with Gasteiger partial charge < -0.3 is 0 Å². The van der Waals surface area contributed by atoms with Gasteiger partial charge in [0.1, 0.15) is 0 Å². The van der Waals surface area contributed by atoms with Gasteiger partial charge in [0.25, 0.3) is 0 Å². The Morgan fingerprint density at radius 1 is 1.31 bits per heavy atom. The van der Waals surface area contributed by atoms with Crippen LogP contribution in [0.25, 0.3) is 0 Å². The number of nitrogens with zero attached hydrogens (tertiary/aromatic N) is 2. The second-order valence-electron chi connectivity index (χ2n) is 3.26. The van der Waals surface area contributed by atoms with Gasteiger partial charge in [0.15, 0.2) is 0 Å². The van der Waals surface area contributed by atoms with E-state index in [4.69, 9.17) is 0 Å². The minimum atomic E-state index is 0.151. The fraction of sp³-hybridized carbons (Fsp3) is 0.400. The first kappa shape index (κ1) is 9.71. The van der Waals surface area contributed by atoms with Crippen LogP contribution in [0, 0.1) is 4.91 Å². The molecule has 3 heteroatoms. The van der Waals surface area contributed by atoms with E-state index in [0.29, 0.717) is 6.54 Å². The predicted octanol–water partition coefficient (Wildman–Crippen LogP) is 2.58. The highest BCUT2D eigenvalue weighted by Crippen LogP contribution is 2.07. The van der Waals surface area contributed by atoms with Crippen molar-refractivity contribution in [3.63, 3.8) is 0 Å². The number of benzene rings is 1. The highest BCUT2D eigenvalue weighted by molar-refractivity contribution is 5.14. The minimum absolute atomic E-state index is 0.151. The molecule has 0 aliphatic carbocycles. The first-order chi connectivity index (χ1) is 6.24. The maximum Gasteiger partial charge on any atom is 0.0645 e. The molecule has 0 amide bonds. The van der Waals surface area contributed by atoms with Gasteiger partial charge in [0, 0.05) is 6.04 Å². The molecular formula is C10H14N2O. The maximum absolute atomic E-state index is 10.4. The molecule has 1 aromatic carbocycles. The van der Waals surface area contributed by atoms with Crippen LogP contribution in [0.15, 0.2) is 35.6 Å². The summed E-state index contributed by atoms with van der Waals surface area (Å²) in [5.74, 6) is 0. The molecule has 0 unspecified atom stereocenters. The van der Waals surface area contributed by atoms with Crippen LogP contribution in [0.2, 0.25) is 0 Å². The summed E-state index contributed by atoms with van der Waals surface area (Å²) >= 11 is 0. The number of hydrogen-bond acceptors (Lipinski definition) is 2. The average Bonchev–Trinajstić information content (AvgIpc) is 2.15. The van der Waals surface area contributed by atoms with Crippen LogP contribution in [0.4, 0.5) is 0 Å². The van der Waals surface area contributed by atoms with Crippen LogP contribution in [0.3, 0.4) is 0 Å². The summed E-state index contributed by atoms with van der Waals surface area (Å²) < 4.78 is 0. The third-order valence-corrected chi connectivity index (χ3v) is 1.89. The molecule has 0 aliphatic rings. The quantitative estimate of drug-likeness (QED) is 0.524. The lowest BCUT2D eigenvalue weighted by atomic mass is 10.2. The molecule has 0 radical (unpaired) electrons. The van der Waals surface area contributed by atoms with E-state index in [1.807, 2.05) is 44.2 Å². The predicted molar refractivity (Wildman–Crippen MR) is 52.9 cm³/mol. The van der Waals surface area contributed by atoms with Crippen LogP contribution in [-0.4, -0.2) is 11.1 Å². The molecule has 0 bridgehead atoms. The molecule has 0 spiro atoms. The lowest BCUT2D eigenvalue weighted by molar-refractivity contribution is 0.220. The Hall–Kier alpha value is -1.38. The summed E-state index contributed by atoms with van der Waals surface area (Å²) in [5.41, 5.74) is 1.11. The number of rotatable bonds is 4. The average molecular weight is 178 g/mol.